The molecule has 0 unspecified atom stereocenters. The zero-order chi connectivity index (χ0) is 16.0. The maximum Gasteiger partial charge on any atom is 0.238 e. The fraction of sp³-hybridized carbons (Fsp3) is 0.556. The number of unbranched alkanes of at least 4 members (excludes halogenated alkanes) is 1. The largest absolute Gasteiger partial charge is 0.355 e. The number of hydrogen-bond acceptors (Lipinski definition) is 2. The smallest absolute Gasteiger partial charge is 0.238 e. The van der Waals surface area contributed by atoms with Gasteiger partial charge in [-0.2, -0.15) is 0 Å². The van der Waals surface area contributed by atoms with Gasteiger partial charge in [-0.05, 0) is 31.7 Å². The number of nitrogens with one attached hydrogen (secondary N) is 1. The normalized spacial score (nSPS) is 15.2. The minimum atomic E-state index is -0.793. The Bertz CT molecular complexity index is 509. The fourth-order valence-corrected chi connectivity index (χ4v) is 2.64. The average molecular weight is 302 g/mol. The first-order valence-electron chi connectivity index (χ1n) is 8.25. The Morgan fingerprint density at radius 3 is 2.41 bits per heavy atom. The van der Waals surface area contributed by atoms with E-state index in [2.05, 4.69) is 12.2 Å². The third kappa shape index (κ3) is 3.67. The van der Waals surface area contributed by atoms with Crippen LogP contribution in [0.2, 0.25) is 0 Å². The molecule has 1 aromatic carbocycles. The van der Waals surface area contributed by atoms with Crippen LogP contribution < -0.4 is 5.32 Å². The predicted molar refractivity (Wildman–Crippen MR) is 87.1 cm³/mol. The predicted octanol–water partition coefficient (Wildman–Crippen LogP) is 2.73. The van der Waals surface area contributed by atoms with E-state index in [9.17, 15) is 9.59 Å². The molecule has 0 heterocycles. The Kier molecular flexibility index (Phi) is 5.58. The van der Waals surface area contributed by atoms with Crippen molar-refractivity contribution in [3.63, 3.8) is 0 Å². The number of amides is 2. The van der Waals surface area contributed by atoms with Gasteiger partial charge >= 0.3 is 0 Å². The van der Waals surface area contributed by atoms with Gasteiger partial charge in [0.2, 0.25) is 11.8 Å². The zero-order valence-electron chi connectivity index (χ0n) is 13.6. The van der Waals surface area contributed by atoms with Gasteiger partial charge in [-0.25, -0.2) is 0 Å². The van der Waals surface area contributed by atoms with E-state index < -0.39 is 5.41 Å². The molecule has 1 fully saturated rings. The molecule has 4 heteroatoms. The third-order valence-corrected chi connectivity index (χ3v) is 4.30. The quantitative estimate of drug-likeness (QED) is 0.593. The second kappa shape index (κ2) is 7.43. The summed E-state index contributed by atoms with van der Waals surface area (Å²) >= 11 is 0. The number of carbonyl (C=O) groups is 2. The molecule has 1 N–H and O–H groups in total. The highest BCUT2D eigenvalue weighted by Crippen LogP contribution is 2.47. The molecule has 0 radical (unpaired) electrons. The summed E-state index contributed by atoms with van der Waals surface area (Å²) in [6.45, 7) is 5.90. The van der Waals surface area contributed by atoms with Crippen molar-refractivity contribution in [3.8, 4) is 0 Å². The Morgan fingerprint density at radius 1 is 1.18 bits per heavy atom. The van der Waals surface area contributed by atoms with Crippen LogP contribution in [-0.4, -0.2) is 29.8 Å². The first-order valence-corrected chi connectivity index (χ1v) is 8.25. The van der Waals surface area contributed by atoms with Gasteiger partial charge in [-0.1, -0.05) is 43.7 Å². The van der Waals surface area contributed by atoms with Crippen molar-refractivity contribution in [1.82, 2.24) is 10.2 Å². The molecule has 0 aromatic heterocycles. The summed E-state index contributed by atoms with van der Waals surface area (Å²) in [7, 11) is 0. The molecule has 120 valence electrons. The molecule has 2 rings (SSSR count). The lowest BCUT2D eigenvalue weighted by Crippen LogP contribution is -2.45. The number of rotatable bonds is 8. The van der Waals surface area contributed by atoms with Crippen LogP contribution >= 0.6 is 0 Å². The monoisotopic (exact) mass is 302 g/mol. The van der Waals surface area contributed by atoms with Gasteiger partial charge in [0, 0.05) is 19.6 Å². The second-order valence-corrected chi connectivity index (χ2v) is 6.00. The minimum absolute atomic E-state index is 0.0205. The Balaban J connectivity index is 2.00. The molecule has 1 saturated carbocycles. The first-order chi connectivity index (χ1) is 10.6. The van der Waals surface area contributed by atoms with E-state index in [0.29, 0.717) is 32.5 Å². The van der Waals surface area contributed by atoms with E-state index >= 15 is 0 Å². The van der Waals surface area contributed by atoms with Crippen molar-refractivity contribution in [2.24, 2.45) is 5.41 Å². The molecule has 0 spiro atoms. The van der Waals surface area contributed by atoms with Gasteiger partial charge in [-0.15, -0.1) is 0 Å². The third-order valence-electron chi connectivity index (χ3n) is 4.30. The lowest BCUT2D eigenvalue weighted by Gasteiger charge is -2.26. The Hall–Kier alpha value is -1.84. The van der Waals surface area contributed by atoms with Crippen LogP contribution in [-0.2, 0) is 16.1 Å². The Morgan fingerprint density at radius 2 is 1.86 bits per heavy atom. The van der Waals surface area contributed by atoms with Crippen LogP contribution in [0.15, 0.2) is 30.3 Å². The molecule has 0 bridgehead atoms. The van der Waals surface area contributed by atoms with Crippen LogP contribution in [0.4, 0.5) is 0 Å². The van der Waals surface area contributed by atoms with Crippen molar-refractivity contribution in [1.29, 1.82) is 0 Å². The van der Waals surface area contributed by atoms with E-state index in [1.54, 1.807) is 4.90 Å². The number of nitrogens with zero attached hydrogens (tertiary/aromatic N) is 1. The average Bonchev–Trinajstić information content (AvgIpc) is 3.35. The van der Waals surface area contributed by atoms with Crippen molar-refractivity contribution >= 4 is 11.8 Å². The first kappa shape index (κ1) is 16.5. The van der Waals surface area contributed by atoms with Gasteiger partial charge in [0.1, 0.15) is 5.41 Å². The molecule has 2 amide bonds. The lowest BCUT2D eigenvalue weighted by atomic mass is 10.0. The summed E-state index contributed by atoms with van der Waals surface area (Å²) in [4.78, 5) is 27.0. The van der Waals surface area contributed by atoms with Crippen molar-refractivity contribution < 1.29 is 9.59 Å². The number of carbonyl (C=O) groups excluding carboxylic acids is 2. The molecule has 1 aliphatic rings. The van der Waals surface area contributed by atoms with E-state index in [0.717, 1.165) is 18.4 Å². The highest BCUT2D eigenvalue weighted by Gasteiger charge is 2.57. The molecule has 1 aliphatic carbocycles. The molecular weight excluding hydrogens is 276 g/mol. The number of benzene rings is 1. The molecule has 0 atom stereocenters. The summed E-state index contributed by atoms with van der Waals surface area (Å²) in [6, 6.07) is 9.93. The SMILES string of the molecule is CCCCNC(=O)C1(C(=O)N(CC)Cc2ccccc2)CC1. The maximum atomic E-state index is 12.8. The van der Waals surface area contributed by atoms with Crippen molar-refractivity contribution in [2.75, 3.05) is 13.1 Å². The number of hydrogen-bond donors (Lipinski definition) is 1. The summed E-state index contributed by atoms with van der Waals surface area (Å²) in [5, 5.41) is 2.92. The molecular formula is C18H26N2O2. The molecule has 1 aromatic rings. The van der Waals surface area contributed by atoms with Crippen LogP contribution in [0.1, 0.15) is 45.1 Å². The van der Waals surface area contributed by atoms with Gasteiger partial charge in [-0.3, -0.25) is 9.59 Å². The van der Waals surface area contributed by atoms with Gasteiger partial charge in [0.05, 0.1) is 0 Å². The standard InChI is InChI=1S/C18H26N2O2/c1-3-5-13-19-16(21)18(11-12-18)17(22)20(4-2)14-15-9-7-6-8-10-15/h6-10H,3-5,11-14H2,1-2H3,(H,19,21). The highest BCUT2D eigenvalue weighted by atomic mass is 16.2. The van der Waals surface area contributed by atoms with Crippen LogP contribution in [0.3, 0.4) is 0 Å². The zero-order valence-corrected chi connectivity index (χ0v) is 13.6. The molecule has 0 saturated heterocycles. The lowest BCUT2D eigenvalue weighted by molar-refractivity contribution is -0.144. The van der Waals surface area contributed by atoms with Crippen LogP contribution in [0, 0.1) is 5.41 Å². The molecule has 0 aliphatic heterocycles. The van der Waals surface area contributed by atoms with Gasteiger partial charge in [0.15, 0.2) is 0 Å². The topological polar surface area (TPSA) is 49.4 Å². The van der Waals surface area contributed by atoms with E-state index in [1.165, 1.54) is 0 Å². The van der Waals surface area contributed by atoms with Gasteiger partial charge in [0.25, 0.3) is 0 Å². The summed E-state index contributed by atoms with van der Waals surface area (Å²) in [6.07, 6.45) is 3.35. The van der Waals surface area contributed by atoms with E-state index in [4.69, 9.17) is 0 Å². The van der Waals surface area contributed by atoms with E-state index in [-0.39, 0.29) is 11.8 Å². The summed E-state index contributed by atoms with van der Waals surface area (Å²) in [5.41, 5.74) is 0.304. The highest BCUT2D eigenvalue weighted by molar-refractivity contribution is 6.07. The second-order valence-electron chi connectivity index (χ2n) is 6.00. The summed E-state index contributed by atoms with van der Waals surface area (Å²) in [5.74, 6) is -0.106. The minimum Gasteiger partial charge on any atom is -0.355 e. The molecule has 22 heavy (non-hydrogen) atoms. The van der Waals surface area contributed by atoms with Gasteiger partial charge < -0.3 is 10.2 Å². The van der Waals surface area contributed by atoms with Crippen LogP contribution in [0.5, 0.6) is 0 Å². The van der Waals surface area contributed by atoms with E-state index in [1.807, 2.05) is 37.3 Å². The Labute approximate surface area is 132 Å². The van der Waals surface area contributed by atoms with Crippen molar-refractivity contribution in [2.45, 2.75) is 46.1 Å². The fourth-order valence-electron chi connectivity index (χ4n) is 2.64. The van der Waals surface area contributed by atoms with Crippen molar-refractivity contribution in [3.05, 3.63) is 35.9 Å². The molecule has 4 nitrogen and oxygen atoms in total. The maximum absolute atomic E-state index is 12.8. The van der Waals surface area contributed by atoms with Crippen LogP contribution in [0.25, 0.3) is 0 Å². The summed E-state index contributed by atoms with van der Waals surface area (Å²) < 4.78 is 0.